The molecule has 7 heteroatoms. The van der Waals surface area contributed by atoms with Crippen molar-refractivity contribution >= 4 is 23.0 Å². The minimum Gasteiger partial charge on any atom is -0.478 e. The second-order valence-corrected chi connectivity index (χ2v) is 4.50. The highest BCUT2D eigenvalue weighted by molar-refractivity contribution is 5.87. The van der Waals surface area contributed by atoms with Gasteiger partial charge in [-0.15, -0.1) is 0 Å². The fourth-order valence-electron chi connectivity index (χ4n) is 2.04. The number of carboxylic acid groups (broad SMARTS) is 1. The van der Waals surface area contributed by atoms with Crippen molar-refractivity contribution in [3.05, 3.63) is 48.0 Å². The van der Waals surface area contributed by atoms with E-state index < -0.39 is 5.97 Å². The van der Waals surface area contributed by atoms with Crippen molar-refractivity contribution < 1.29 is 9.90 Å². The average molecular weight is 283 g/mol. The Morgan fingerprint density at radius 1 is 1.19 bits per heavy atom. The Hall–Kier alpha value is -2.96. The summed E-state index contributed by atoms with van der Waals surface area (Å²) >= 11 is 0. The zero-order valence-corrected chi connectivity index (χ0v) is 11.1. The zero-order valence-electron chi connectivity index (χ0n) is 11.1. The van der Waals surface area contributed by atoms with E-state index in [4.69, 9.17) is 5.11 Å². The molecular formula is C14H13N5O2. The molecule has 0 saturated heterocycles. The van der Waals surface area contributed by atoms with Crippen molar-refractivity contribution in [2.45, 2.75) is 6.42 Å². The number of anilines is 1. The van der Waals surface area contributed by atoms with Crippen LogP contribution in [0.3, 0.4) is 0 Å². The highest BCUT2D eigenvalue weighted by Crippen LogP contribution is 2.14. The second-order valence-electron chi connectivity index (χ2n) is 4.50. The van der Waals surface area contributed by atoms with E-state index in [1.54, 1.807) is 18.5 Å². The summed E-state index contributed by atoms with van der Waals surface area (Å²) in [5.41, 5.74) is 2.75. The van der Waals surface area contributed by atoms with Gasteiger partial charge in [0.2, 0.25) is 0 Å². The molecule has 0 saturated carbocycles. The van der Waals surface area contributed by atoms with E-state index in [9.17, 15) is 4.79 Å². The first-order valence-electron chi connectivity index (χ1n) is 6.44. The number of nitrogens with one attached hydrogen (secondary N) is 2. The van der Waals surface area contributed by atoms with Crippen molar-refractivity contribution in [1.82, 2.24) is 19.9 Å². The van der Waals surface area contributed by atoms with Crippen LogP contribution in [0.5, 0.6) is 0 Å². The van der Waals surface area contributed by atoms with Crippen molar-refractivity contribution in [2.75, 3.05) is 11.9 Å². The molecule has 2 heterocycles. The summed E-state index contributed by atoms with van der Waals surface area (Å²) in [6, 6.07) is 6.85. The summed E-state index contributed by atoms with van der Waals surface area (Å²) in [4.78, 5) is 26.1. The number of aromatic amines is 1. The fourth-order valence-corrected chi connectivity index (χ4v) is 2.04. The number of fused-ring (bicyclic) bond motifs is 1. The Morgan fingerprint density at radius 3 is 2.76 bits per heavy atom. The summed E-state index contributed by atoms with van der Waals surface area (Å²) in [5.74, 6) is -0.207. The van der Waals surface area contributed by atoms with Crippen LogP contribution in [-0.4, -0.2) is 37.6 Å². The molecule has 0 atom stereocenters. The molecule has 0 aliphatic heterocycles. The third kappa shape index (κ3) is 2.81. The molecule has 0 fully saturated rings. The molecule has 0 aliphatic carbocycles. The van der Waals surface area contributed by atoms with Gasteiger partial charge >= 0.3 is 5.97 Å². The van der Waals surface area contributed by atoms with E-state index in [1.165, 1.54) is 6.33 Å². The van der Waals surface area contributed by atoms with Crippen LogP contribution in [-0.2, 0) is 6.42 Å². The van der Waals surface area contributed by atoms with Crippen LogP contribution < -0.4 is 5.32 Å². The van der Waals surface area contributed by atoms with E-state index in [1.807, 2.05) is 12.1 Å². The number of imidazole rings is 1. The normalized spacial score (nSPS) is 10.7. The predicted octanol–water partition coefficient (Wildman–Crippen LogP) is 1.71. The Balaban J connectivity index is 1.63. The van der Waals surface area contributed by atoms with Gasteiger partial charge in [-0.1, -0.05) is 12.1 Å². The van der Waals surface area contributed by atoms with E-state index in [2.05, 4.69) is 25.3 Å². The molecular weight excluding hydrogens is 270 g/mol. The molecule has 2 aromatic heterocycles. The first-order chi connectivity index (χ1) is 10.2. The first-order valence-corrected chi connectivity index (χ1v) is 6.44. The fraction of sp³-hybridized carbons (Fsp3) is 0.143. The molecule has 0 unspecified atom stereocenters. The maximum absolute atomic E-state index is 10.8. The number of carbonyl (C=O) groups is 1. The minimum absolute atomic E-state index is 0.293. The van der Waals surface area contributed by atoms with Crippen molar-refractivity contribution in [3.8, 4) is 0 Å². The van der Waals surface area contributed by atoms with Crippen molar-refractivity contribution in [3.63, 3.8) is 0 Å². The standard InChI is InChI=1S/C14H13N5O2/c20-14(21)10-3-1-9(2-4-10)5-6-15-12-11-13(17-7-16-11)19-8-18-12/h1-4,7-8H,5-6H2,(H,20,21)(H2,15,16,17,18,19). The Kier molecular flexibility index (Phi) is 3.46. The summed E-state index contributed by atoms with van der Waals surface area (Å²) in [7, 11) is 0. The Bertz CT molecular complexity index is 766. The van der Waals surface area contributed by atoms with Gasteiger partial charge in [-0.3, -0.25) is 0 Å². The van der Waals surface area contributed by atoms with Gasteiger partial charge in [-0.25, -0.2) is 19.7 Å². The molecule has 3 N–H and O–H groups in total. The highest BCUT2D eigenvalue weighted by atomic mass is 16.4. The van der Waals surface area contributed by atoms with Gasteiger partial charge in [0.05, 0.1) is 11.9 Å². The molecule has 0 amide bonds. The van der Waals surface area contributed by atoms with Crippen LogP contribution in [0.4, 0.5) is 5.82 Å². The smallest absolute Gasteiger partial charge is 0.335 e. The van der Waals surface area contributed by atoms with Gasteiger partial charge in [-0.05, 0) is 24.1 Å². The van der Waals surface area contributed by atoms with Crippen LogP contribution >= 0.6 is 0 Å². The van der Waals surface area contributed by atoms with E-state index in [0.717, 1.165) is 17.5 Å². The lowest BCUT2D eigenvalue weighted by Gasteiger charge is -2.06. The Morgan fingerprint density at radius 2 is 2.00 bits per heavy atom. The van der Waals surface area contributed by atoms with Crippen molar-refractivity contribution in [2.24, 2.45) is 0 Å². The SMILES string of the molecule is O=C(O)c1ccc(CCNc2ncnc3nc[nH]c23)cc1. The number of aromatic nitrogens is 4. The zero-order chi connectivity index (χ0) is 14.7. The average Bonchev–Trinajstić information content (AvgIpc) is 2.97. The molecule has 3 aromatic rings. The number of hydrogen-bond acceptors (Lipinski definition) is 5. The number of carboxylic acids is 1. The van der Waals surface area contributed by atoms with Crippen LogP contribution in [0, 0.1) is 0 Å². The van der Waals surface area contributed by atoms with Gasteiger partial charge in [0, 0.05) is 6.54 Å². The van der Waals surface area contributed by atoms with Crippen molar-refractivity contribution in [1.29, 1.82) is 0 Å². The molecule has 0 spiro atoms. The van der Waals surface area contributed by atoms with Crippen LogP contribution in [0.25, 0.3) is 11.2 Å². The number of hydrogen-bond donors (Lipinski definition) is 3. The number of benzene rings is 1. The monoisotopic (exact) mass is 283 g/mol. The molecule has 21 heavy (non-hydrogen) atoms. The van der Waals surface area contributed by atoms with E-state index in [-0.39, 0.29) is 0 Å². The number of rotatable bonds is 5. The third-order valence-corrected chi connectivity index (χ3v) is 3.13. The molecule has 1 aromatic carbocycles. The van der Waals surface area contributed by atoms with Gasteiger partial charge in [0.25, 0.3) is 0 Å². The third-order valence-electron chi connectivity index (χ3n) is 3.13. The summed E-state index contributed by atoms with van der Waals surface area (Å²) < 4.78 is 0. The summed E-state index contributed by atoms with van der Waals surface area (Å²) in [5, 5.41) is 12.1. The Labute approximate surface area is 120 Å². The molecule has 0 bridgehead atoms. The van der Waals surface area contributed by atoms with Crippen LogP contribution in [0.15, 0.2) is 36.9 Å². The molecule has 0 radical (unpaired) electrons. The second kappa shape index (κ2) is 5.58. The lowest BCUT2D eigenvalue weighted by molar-refractivity contribution is 0.0697. The molecule has 106 valence electrons. The molecule has 7 nitrogen and oxygen atoms in total. The van der Waals surface area contributed by atoms with E-state index in [0.29, 0.717) is 23.6 Å². The van der Waals surface area contributed by atoms with Gasteiger partial charge in [-0.2, -0.15) is 0 Å². The van der Waals surface area contributed by atoms with Crippen LogP contribution in [0.1, 0.15) is 15.9 Å². The molecule has 3 rings (SSSR count). The quantitative estimate of drug-likeness (QED) is 0.658. The maximum atomic E-state index is 10.8. The summed E-state index contributed by atoms with van der Waals surface area (Å²) in [6.07, 6.45) is 3.81. The predicted molar refractivity (Wildman–Crippen MR) is 77.3 cm³/mol. The maximum Gasteiger partial charge on any atom is 0.335 e. The highest BCUT2D eigenvalue weighted by Gasteiger charge is 2.05. The lowest BCUT2D eigenvalue weighted by Crippen LogP contribution is -2.07. The van der Waals surface area contributed by atoms with Gasteiger partial charge < -0.3 is 15.4 Å². The topological polar surface area (TPSA) is 104 Å². The first kappa shape index (κ1) is 13.0. The van der Waals surface area contributed by atoms with Gasteiger partial charge in [0.1, 0.15) is 11.8 Å². The molecule has 0 aliphatic rings. The minimum atomic E-state index is -0.915. The summed E-state index contributed by atoms with van der Waals surface area (Å²) in [6.45, 7) is 0.678. The lowest BCUT2D eigenvalue weighted by atomic mass is 10.1. The van der Waals surface area contributed by atoms with Crippen LogP contribution in [0.2, 0.25) is 0 Å². The number of aromatic carboxylic acids is 1. The number of nitrogens with zero attached hydrogens (tertiary/aromatic N) is 3. The largest absolute Gasteiger partial charge is 0.478 e. The van der Waals surface area contributed by atoms with E-state index >= 15 is 0 Å². The number of H-pyrrole nitrogens is 1. The van der Waals surface area contributed by atoms with Gasteiger partial charge in [0.15, 0.2) is 11.5 Å².